The lowest BCUT2D eigenvalue weighted by Gasteiger charge is -2.24. The summed E-state index contributed by atoms with van der Waals surface area (Å²) in [5, 5.41) is 2.21. The van der Waals surface area contributed by atoms with Crippen molar-refractivity contribution in [2.45, 2.75) is 6.54 Å². The zero-order valence-corrected chi connectivity index (χ0v) is 18.0. The van der Waals surface area contributed by atoms with E-state index in [1.54, 1.807) is 20.3 Å². The second-order valence-electron chi connectivity index (χ2n) is 7.74. The summed E-state index contributed by atoms with van der Waals surface area (Å²) in [6.45, 7) is 4.31. The Kier molecular flexibility index (Phi) is 6.65. The van der Waals surface area contributed by atoms with Crippen LogP contribution in [0.25, 0.3) is 16.8 Å². The average molecular weight is 419 g/mol. The van der Waals surface area contributed by atoms with Crippen LogP contribution in [-0.2, 0) is 11.3 Å². The molecule has 160 valence electrons. The first-order chi connectivity index (χ1) is 15.2. The van der Waals surface area contributed by atoms with Crippen molar-refractivity contribution in [3.05, 3.63) is 77.4 Å². The van der Waals surface area contributed by atoms with Crippen LogP contribution in [0.1, 0.15) is 21.5 Å². The van der Waals surface area contributed by atoms with Gasteiger partial charge in [-0.1, -0.05) is 24.3 Å². The molecule has 0 aliphatic carbocycles. The maximum atomic E-state index is 12.8. The predicted molar refractivity (Wildman–Crippen MR) is 122 cm³/mol. The van der Waals surface area contributed by atoms with Gasteiger partial charge in [-0.3, -0.25) is 4.79 Å². The van der Waals surface area contributed by atoms with Crippen LogP contribution >= 0.6 is 0 Å². The van der Waals surface area contributed by atoms with Gasteiger partial charge in [0.15, 0.2) is 5.78 Å². The Morgan fingerprint density at radius 2 is 1.74 bits per heavy atom. The lowest BCUT2D eigenvalue weighted by molar-refractivity contribution is -0.921. The number of rotatable bonds is 7. The number of nitrogens with one attached hydrogen (secondary N) is 1. The van der Waals surface area contributed by atoms with Crippen molar-refractivity contribution in [2.75, 3.05) is 40.5 Å². The minimum absolute atomic E-state index is 0.0179. The van der Waals surface area contributed by atoms with Gasteiger partial charge < -0.3 is 19.1 Å². The summed E-state index contributed by atoms with van der Waals surface area (Å²) in [6, 6.07) is 17.8. The highest BCUT2D eigenvalue weighted by molar-refractivity contribution is 6.07. The molecule has 0 bridgehead atoms. The number of fused-ring (bicyclic) bond motifs is 1. The quantitative estimate of drug-likeness (QED) is 0.473. The number of quaternary nitrogens is 1. The van der Waals surface area contributed by atoms with Crippen molar-refractivity contribution in [1.29, 1.82) is 0 Å². The fraction of sp³-hybridized carbons (Fsp3) is 0.269. The van der Waals surface area contributed by atoms with Crippen LogP contribution in [0.15, 0.2) is 60.7 Å². The third-order valence-electron chi connectivity index (χ3n) is 5.70. The van der Waals surface area contributed by atoms with Gasteiger partial charge in [0.2, 0.25) is 0 Å². The van der Waals surface area contributed by atoms with Crippen LogP contribution in [0, 0.1) is 0 Å². The monoisotopic (exact) mass is 418 g/mol. The van der Waals surface area contributed by atoms with Crippen LogP contribution in [0.2, 0.25) is 0 Å². The van der Waals surface area contributed by atoms with Gasteiger partial charge in [0, 0.05) is 11.1 Å². The van der Waals surface area contributed by atoms with E-state index in [4.69, 9.17) is 14.2 Å². The van der Waals surface area contributed by atoms with Crippen molar-refractivity contribution in [3.8, 4) is 11.5 Å². The second-order valence-corrected chi connectivity index (χ2v) is 7.74. The summed E-state index contributed by atoms with van der Waals surface area (Å²) < 4.78 is 16.3. The lowest BCUT2D eigenvalue weighted by atomic mass is 10.0. The molecular formula is C26H28NO4+. The molecule has 1 aliphatic rings. The van der Waals surface area contributed by atoms with E-state index in [0.29, 0.717) is 5.56 Å². The molecule has 3 aromatic carbocycles. The Morgan fingerprint density at radius 3 is 2.52 bits per heavy atom. The molecule has 4 rings (SSSR count). The molecular weight excluding hydrogens is 390 g/mol. The van der Waals surface area contributed by atoms with Crippen LogP contribution in [-0.4, -0.2) is 46.3 Å². The van der Waals surface area contributed by atoms with Gasteiger partial charge in [-0.15, -0.1) is 0 Å². The minimum Gasteiger partial charge on any atom is -0.497 e. The van der Waals surface area contributed by atoms with Gasteiger partial charge in [0.05, 0.1) is 27.4 Å². The number of ketones is 1. The zero-order chi connectivity index (χ0) is 21.6. The third-order valence-corrected chi connectivity index (χ3v) is 5.70. The van der Waals surface area contributed by atoms with E-state index >= 15 is 0 Å². The highest BCUT2D eigenvalue weighted by atomic mass is 16.5. The summed E-state index contributed by atoms with van der Waals surface area (Å²) >= 11 is 0. The van der Waals surface area contributed by atoms with Crippen LogP contribution in [0.3, 0.4) is 0 Å². The normalized spacial score (nSPS) is 14.8. The summed E-state index contributed by atoms with van der Waals surface area (Å²) in [5.74, 6) is 1.64. The molecule has 31 heavy (non-hydrogen) atoms. The Balaban J connectivity index is 1.51. The molecule has 1 fully saturated rings. The van der Waals surface area contributed by atoms with Gasteiger partial charge in [0.25, 0.3) is 0 Å². The predicted octanol–water partition coefficient (Wildman–Crippen LogP) is 3.17. The summed E-state index contributed by atoms with van der Waals surface area (Å²) in [4.78, 5) is 14.3. The molecule has 5 nitrogen and oxygen atoms in total. The maximum absolute atomic E-state index is 12.8. The first-order valence-electron chi connectivity index (χ1n) is 10.5. The van der Waals surface area contributed by atoms with E-state index in [1.165, 1.54) is 4.90 Å². The summed E-state index contributed by atoms with van der Waals surface area (Å²) in [7, 11) is 3.33. The third kappa shape index (κ3) is 5.13. The average Bonchev–Trinajstić information content (AvgIpc) is 2.82. The highest BCUT2D eigenvalue weighted by Gasteiger charge is 2.18. The number of methoxy groups -OCH3 is 2. The molecule has 0 aromatic heterocycles. The topological polar surface area (TPSA) is 49.2 Å². The van der Waals surface area contributed by atoms with Crippen molar-refractivity contribution >= 4 is 22.6 Å². The van der Waals surface area contributed by atoms with Crippen molar-refractivity contribution in [1.82, 2.24) is 0 Å². The smallest absolute Gasteiger partial charge is 0.185 e. The first-order valence-corrected chi connectivity index (χ1v) is 10.5. The van der Waals surface area contributed by atoms with E-state index in [1.807, 2.05) is 54.6 Å². The number of morpholine rings is 1. The van der Waals surface area contributed by atoms with E-state index < -0.39 is 0 Å². The van der Waals surface area contributed by atoms with Gasteiger partial charge in [0.1, 0.15) is 31.1 Å². The highest BCUT2D eigenvalue weighted by Crippen LogP contribution is 2.23. The van der Waals surface area contributed by atoms with E-state index in [2.05, 4.69) is 6.07 Å². The standard InChI is InChI=1S/C26H27NO4/c1-29-24-8-6-20-15-19(3-5-21(20)17-24)4-9-25(28)22-7-10-26(30-2)23(16-22)18-27-11-13-31-14-12-27/h3-10,15-17H,11-14,18H2,1-2H3/p+1/b9-4+. The Morgan fingerprint density at radius 1 is 0.968 bits per heavy atom. The molecule has 0 radical (unpaired) electrons. The molecule has 0 amide bonds. The summed E-state index contributed by atoms with van der Waals surface area (Å²) in [6.07, 6.45) is 3.50. The van der Waals surface area contributed by atoms with Gasteiger partial charge in [-0.05, 0) is 58.8 Å². The Labute approximate surface area is 182 Å². The van der Waals surface area contributed by atoms with E-state index in [0.717, 1.165) is 66.2 Å². The van der Waals surface area contributed by atoms with Gasteiger partial charge in [-0.2, -0.15) is 0 Å². The van der Waals surface area contributed by atoms with Gasteiger partial charge in [-0.25, -0.2) is 0 Å². The molecule has 1 heterocycles. The molecule has 0 atom stereocenters. The van der Waals surface area contributed by atoms with Crippen LogP contribution in [0.4, 0.5) is 0 Å². The maximum Gasteiger partial charge on any atom is 0.185 e. The summed E-state index contributed by atoms with van der Waals surface area (Å²) in [5.41, 5.74) is 2.71. The lowest BCUT2D eigenvalue weighted by Crippen LogP contribution is -3.12. The second kappa shape index (κ2) is 9.77. The number of ether oxygens (including phenoxy) is 3. The van der Waals surface area contributed by atoms with Crippen LogP contribution < -0.4 is 14.4 Å². The first kappa shape index (κ1) is 21.1. The molecule has 3 aromatic rings. The molecule has 0 unspecified atom stereocenters. The number of hydrogen-bond acceptors (Lipinski definition) is 4. The van der Waals surface area contributed by atoms with E-state index in [-0.39, 0.29) is 5.78 Å². The fourth-order valence-electron chi connectivity index (χ4n) is 3.92. The molecule has 0 spiro atoms. The van der Waals surface area contributed by atoms with Crippen molar-refractivity contribution in [3.63, 3.8) is 0 Å². The zero-order valence-electron chi connectivity index (χ0n) is 18.0. The minimum atomic E-state index is -0.0179. The SMILES string of the molecule is COc1ccc2cc(/C=C/C(=O)c3ccc(OC)c(C[NH+]4CCOCC4)c3)ccc2c1. The van der Waals surface area contributed by atoms with Gasteiger partial charge >= 0.3 is 0 Å². The molecule has 1 aliphatic heterocycles. The molecule has 1 N–H and O–H groups in total. The van der Waals surface area contributed by atoms with Crippen molar-refractivity contribution < 1.29 is 23.9 Å². The van der Waals surface area contributed by atoms with Crippen molar-refractivity contribution in [2.24, 2.45) is 0 Å². The molecule has 1 saturated heterocycles. The largest absolute Gasteiger partial charge is 0.497 e. The number of hydrogen-bond donors (Lipinski definition) is 1. The Hall–Kier alpha value is -3.15. The Bertz CT molecular complexity index is 1100. The number of carbonyl (C=O) groups is 1. The number of benzene rings is 3. The molecule has 0 saturated carbocycles. The number of carbonyl (C=O) groups excluding carboxylic acids is 1. The van der Waals surface area contributed by atoms with Crippen LogP contribution in [0.5, 0.6) is 11.5 Å². The molecule has 5 heteroatoms. The number of allylic oxidation sites excluding steroid dienone is 1. The fourth-order valence-corrected chi connectivity index (χ4v) is 3.92. The van der Waals surface area contributed by atoms with E-state index in [9.17, 15) is 4.79 Å².